The summed E-state index contributed by atoms with van der Waals surface area (Å²) in [6, 6.07) is 3.63. The van der Waals surface area contributed by atoms with Crippen LogP contribution in [0.25, 0.3) is 0 Å². The van der Waals surface area contributed by atoms with Gasteiger partial charge in [0, 0.05) is 0 Å². The lowest BCUT2D eigenvalue weighted by Gasteiger charge is -2.02. The van der Waals surface area contributed by atoms with E-state index in [9.17, 15) is 9.18 Å². The number of aromatic carboxylic acids is 1. The molecule has 5 heteroatoms. The fraction of sp³-hybridized carbons (Fsp3) is 0.111. The first-order chi connectivity index (χ1) is 6.60. The molecule has 14 heavy (non-hydrogen) atoms. The maximum atomic E-state index is 13.2. The first kappa shape index (κ1) is 10.2. The van der Waals surface area contributed by atoms with Crippen molar-refractivity contribution >= 4 is 5.97 Å². The van der Waals surface area contributed by atoms with E-state index < -0.39 is 24.0 Å². The average molecular weight is 195 g/mol. The number of benzene rings is 1. The van der Waals surface area contributed by atoms with Crippen LogP contribution in [0.5, 0.6) is 0 Å². The van der Waals surface area contributed by atoms with Crippen molar-refractivity contribution in [1.29, 1.82) is 5.26 Å². The molecule has 1 rings (SSSR count). The predicted octanol–water partition coefficient (Wildman–Crippen LogP) is 0.888. The van der Waals surface area contributed by atoms with Crippen molar-refractivity contribution in [2.45, 2.75) is 6.61 Å². The molecule has 0 fully saturated rings. The van der Waals surface area contributed by atoms with Gasteiger partial charge in [0.25, 0.3) is 0 Å². The third-order valence-electron chi connectivity index (χ3n) is 1.67. The van der Waals surface area contributed by atoms with Crippen molar-refractivity contribution in [3.63, 3.8) is 0 Å². The maximum absolute atomic E-state index is 13.2. The summed E-state index contributed by atoms with van der Waals surface area (Å²) >= 11 is 0. The first-order valence-electron chi connectivity index (χ1n) is 3.66. The van der Waals surface area contributed by atoms with Crippen LogP contribution in [0.1, 0.15) is 21.5 Å². The van der Waals surface area contributed by atoms with E-state index in [1.54, 1.807) is 0 Å². The summed E-state index contributed by atoms with van der Waals surface area (Å²) < 4.78 is 13.2. The minimum atomic E-state index is -1.46. The second-order valence-electron chi connectivity index (χ2n) is 2.58. The third-order valence-corrected chi connectivity index (χ3v) is 1.67. The Hall–Kier alpha value is -1.93. The van der Waals surface area contributed by atoms with Crippen LogP contribution in [0.3, 0.4) is 0 Å². The number of carbonyl (C=O) groups is 1. The average Bonchev–Trinajstić information content (AvgIpc) is 2.17. The number of carboxylic acids is 1. The number of halogens is 1. The second kappa shape index (κ2) is 3.85. The van der Waals surface area contributed by atoms with Gasteiger partial charge in [-0.2, -0.15) is 5.26 Å². The van der Waals surface area contributed by atoms with Gasteiger partial charge in [-0.3, -0.25) is 0 Å². The maximum Gasteiger partial charge on any atom is 0.338 e. The molecule has 0 aliphatic heterocycles. The summed E-state index contributed by atoms with van der Waals surface area (Å²) in [6.45, 7) is -0.435. The molecule has 0 radical (unpaired) electrons. The lowest BCUT2D eigenvalue weighted by Crippen LogP contribution is -2.04. The Kier molecular flexibility index (Phi) is 2.79. The molecule has 0 unspecified atom stereocenters. The smallest absolute Gasteiger partial charge is 0.338 e. The number of hydrogen-bond acceptors (Lipinski definition) is 3. The van der Waals surface area contributed by atoms with Crippen LogP contribution in [0.15, 0.2) is 12.1 Å². The van der Waals surface area contributed by atoms with Gasteiger partial charge in [0.1, 0.15) is 6.07 Å². The van der Waals surface area contributed by atoms with Crippen molar-refractivity contribution in [2.75, 3.05) is 0 Å². The SMILES string of the molecule is N#Cc1cc(CO)cc(C(=O)O)c1F. The fourth-order valence-electron chi connectivity index (χ4n) is 1.01. The number of nitrogens with zero attached hydrogens (tertiary/aromatic N) is 1. The number of aliphatic hydroxyl groups excluding tert-OH is 1. The Morgan fingerprint density at radius 2 is 2.21 bits per heavy atom. The van der Waals surface area contributed by atoms with Crippen LogP contribution in [-0.2, 0) is 6.61 Å². The molecule has 0 aliphatic rings. The van der Waals surface area contributed by atoms with E-state index >= 15 is 0 Å². The zero-order valence-electron chi connectivity index (χ0n) is 6.99. The minimum Gasteiger partial charge on any atom is -0.478 e. The number of carboxylic acid groups (broad SMARTS) is 1. The molecule has 0 saturated heterocycles. The molecule has 0 amide bonds. The standard InChI is InChI=1S/C9H6FNO3/c10-8-6(3-11)1-5(4-12)2-7(8)9(13)14/h1-2,12H,4H2,(H,13,14). The molecular weight excluding hydrogens is 189 g/mol. The van der Waals surface area contributed by atoms with E-state index in [1.807, 2.05) is 0 Å². The normalized spacial score (nSPS) is 9.50. The van der Waals surface area contributed by atoms with Crippen LogP contribution < -0.4 is 0 Å². The fourth-order valence-corrected chi connectivity index (χ4v) is 1.01. The monoisotopic (exact) mass is 195 g/mol. The van der Waals surface area contributed by atoms with Gasteiger partial charge >= 0.3 is 5.97 Å². The molecule has 0 spiro atoms. The summed E-state index contributed by atoms with van der Waals surface area (Å²) in [7, 11) is 0. The highest BCUT2D eigenvalue weighted by molar-refractivity contribution is 5.88. The molecule has 0 atom stereocenters. The van der Waals surface area contributed by atoms with Gasteiger partial charge < -0.3 is 10.2 Å². The Bertz CT molecular complexity index is 423. The number of rotatable bonds is 2. The van der Waals surface area contributed by atoms with Gasteiger partial charge in [-0.05, 0) is 17.7 Å². The second-order valence-corrected chi connectivity index (χ2v) is 2.58. The van der Waals surface area contributed by atoms with Crippen molar-refractivity contribution in [3.05, 3.63) is 34.6 Å². The lowest BCUT2D eigenvalue weighted by atomic mass is 10.1. The van der Waals surface area contributed by atoms with Crippen LogP contribution in [0, 0.1) is 17.1 Å². The summed E-state index contributed by atoms with van der Waals surface area (Å²) in [5.74, 6) is -2.54. The highest BCUT2D eigenvalue weighted by atomic mass is 19.1. The Morgan fingerprint density at radius 3 is 2.64 bits per heavy atom. The highest BCUT2D eigenvalue weighted by Crippen LogP contribution is 2.15. The molecule has 2 N–H and O–H groups in total. The molecule has 1 aromatic carbocycles. The summed E-state index contributed by atoms with van der Waals surface area (Å²) in [5.41, 5.74) is -0.789. The summed E-state index contributed by atoms with van der Waals surface area (Å²) in [4.78, 5) is 10.5. The van der Waals surface area contributed by atoms with Crippen LogP contribution in [-0.4, -0.2) is 16.2 Å². The zero-order chi connectivity index (χ0) is 10.7. The van der Waals surface area contributed by atoms with Crippen LogP contribution in [0.4, 0.5) is 4.39 Å². The van der Waals surface area contributed by atoms with Gasteiger partial charge in [-0.1, -0.05) is 0 Å². The lowest BCUT2D eigenvalue weighted by molar-refractivity contribution is 0.0691. The first-order valence-corrected chi connectivity index (χ1v) is 3.66. The predicted molar refractivity (Wildman–Crippen MR) is 44.0 cm³/mol. The van der Waals surface area contributed by atoms with E-state index in [4.69, 9.17) is 15.5 Å². The molecule has 1 aromatic rings. The van der Waals surface area contributed by atoms with E-state index in [0.29, 0.717) is 0 Å². The van der Waals surface area contributed by atoms with Crippen LogP contribution in [0.2, 0.25) is 0 Å². The molecule has 0 heterocycles. The molecule has 0 bridgehead atoms. The van der Waals surface area contributed by atoms with Gasteiger partial charge in [0.05, 0.1) is 17.7 Å². The molecule has 72 valence electrons. The van der Waals surface area contributed by atoms with E-state index in [-0.39, 0.29) is 11.1 Å². The minimum absolute atomic E-state index is 0.195. The number of nitriles is 1. The van der Waals surface area contributed by atoms with E-state index in [1.165, 1.54) is 6.07 Å². The van der Waals surface area contributed by atoms with Gasteiger partial charge in [-0.25, -0.2) is 9.18 Å². The van der Waals surface area contributed by atoms with Crippen molar-refractivity contribution in [3.8, 4) is 6.07 Å². The van der Waals surface area contributed by atoms with Gasteiger partial charge in [-0.15, -0.1) is 0 Å². The number of hydrogen-bond donors (Lipinski definition) is 2. The van der Waals surface area contributed by atoms with Gasteiger partial charge in [0.15, 0.2) is 5.82 Å². The Balaban J connectivity index is 3.44. The summed E-state index contributed by atoms with van der Waals surface area (Å²) in [5, 5.41) is 25.8. The molecule has 0 aliphatic carbocycles. The van der Waals surface area contributed by atoms with E-state index in [2.05, 4.69) is 0 Å². The largest absolute Gasteiger partial charge is 0.478 e. The zero-order valence-corrected chi connectivity index (χ0v) is 6.99. The topological polar surface area (TPSA) is 81.3 Å². The molecule has 0 saturated carbocycles. The number of aliphatic hydroxyl groups is 1. The Labute approximate surface area is 78.8 Å². The highest BCUT2D eigenvalue weighted by Gasteiger charge is 2.15. The van der Waals surface area contributed by atoms with Crippen molar-refractivity contribution in [2.24, 2.45) is 0 Å². The van der Waals surface area contributed by atoms with Crippen LogP contribution >= 0.6 is 0 Å². The van der Waals surface area contributed by atoms with E-state index in [0.717, 1.165) is 12.1 Å². The van der Waals surface area contributed by atoms with Crippen molar-refractivity contribution in [1.82, 2.24) is 0 Å². The molecule has 0 aromatic heterocycles. The quantitative estimate of drug-likeness (QED) is 0.734. The Morgan fingerprint density at radius 1 is 1.57 bits per heavy atom. The third kappa shape index (κ3) is 1.70. The van der Waals surface area contributed by atoms with Gasteiger partial charge in [0.2, 0.25) is 0 Å². The van der Waals surface area contributed by atoms with Crippen molar-refractivity contribution < 1.29 is 19.4 Å². The molecular formula is C9H6FNO3. The summed E-state index contributed by atoms with van der Waals surface area (Å²) in [6.07, 6.45) is 0. The molecule has 4 nitrogen and oxygen atoms in total.